The average molecular weight is 325 g/mol. The van der Waals surface area contributed by atoms with Crippen molar-refractivity contribution >= 4 is 5.91 Å². The molecule has 3 rings (SSSR count). The molecule has 0 bridgehead atoms. The Labute approximate surface area is 142 Å². The van der Waals surface area contributed by atoms with Gasteiger partial charge in [0.15, 0.2) is 0 Å². The highest BCUT2D eigenvalue weighted by Crippen LogP contribution is 2.43. The Morgan fingerprint density at radius 3 is 2.08 bits per heavy atom. The lowest BCUT2D eigenvalue weighted by Crippen LogP contribution is -2.41. The van der Waals surface area contributed by atoms with Crippen LogP contribution in [0.5, 0.6) is 11.5 Å². The van der Waals surface area contributed by atoms with Crippen molar-refractivity contribution in [3.05, 3.63) is 59.7 Å². The van der Waals surface area contributed by atoms with Crippen LogP contribution in [0.25, 0.3) is 0 Å². The van der Waals surface area contributed by atoms with Crippen LogP contribution in [0, 0.1) is 5.41 Å². The molecule has 1 atom stereocenters. The Hall–Kier alpha value is -2.33. The number of benzene rings is 2. The number of hydrogen-bond donors (Lipinski definition) is 2. The number of para-hydroxylation sites is 2. The van der Waals surface area contributed by atoms with Crippen LogP contribution in [0.2, 0.25) is 0 Å². The standard InChI is InChI=1S/C20H23NO3/c1-20(2,3)17(22)12-21-19(23)18-13-8-4-6-10-15(13)24-16-11-7-5-9-14(16)18/h4-11,17-18,22H,12H2,1-3H3,(H,21,23)/t17-/m1/s1. The molecule has 1 heterocycles. The van der Waals surface area contributed by atoms with Crippen LogP contribution < -0.4 is 10.1 Å². The van der Waals surface area contributed by atoms with E-state index >= 15 is 0 Å². The van der Waals surface area contributed by atoms with Gasteiger partial charge >= 0.3 is 0 Å². The van der Waals surface area contributed by atoms with E-state index in [1.165, 1.54) is 0 Å². The van der Waals surface area contributed by atoms with Gasteiger partial charge in [0.25, 0.3) is 0 Å². The number of aliphatic hydroxyl groups is 1. The molecule has 0 saturated carbocycles. The van der Waals surface area contributed by atoms with E-state index in [2.05, 4.69) is 5.32 Å². The Morgan fingerprint density at radius 2 is 1.58 bits per heavy atom. The van der Waals surface area contributed by atoms with Crippen molar-refractivity contribution in [2.24, 2.45) is 5.41 Å². The molecule has 2 aromatic rings. The first kappa shape index (κ1) is 16.5. The van der Waals surface area contributed by atoms with E-state index in [1.807, 2.05) is 69.3 Å². The molecule has 2 aromatic carbocycles. The molecule has 1 aliphatic heterocycles. The highest BCUT2D eigenvalue weighted by molar-refractivity contribution is 5.89. The predicted octanol–water partition coefficient (Wildman–Crippen LogP) is 3.45. The van der Waals surface area contributed by atoms with Crippen LogP contribution in [-0.2, 0) is 4.79 Å². The molecule has 0 radical (unpaired) electrons. The summed E-state index contributed by atoms with van der Waals surface area (Å²) in [5.74, 6) is 0.847. The lowest BCUT2D eigenvalue weighted by molar-refractivity contribution is -0.122. The fourth-order valence-corrected chi connectivity index (χ4v) is 2.80. The van der Waals surface area contributed by atoms with Crippen LogP contribution in [0.1, 0.15) is 37.8 Å². The van der Waals surface area contributed by atoms with Crippen molar-refractivity contribution in [1.82, 2.24) is 5.32 Å². The zero-order valence-corrected chi connectivity index (χ0v) is 14.2. The number of fused-ring (bicyclic) bond motifs is 2. The molecular weight excluding hydrogens is 302 g/mol. The van der Waals surface area contributed by atoms with Gasteiger partial charge in [-0.05, 0) is 17.5 Å². The van der Waals surface area contributed by atoms with Crippen LogP contribution >= 0.6 is 0 Å². The zero-order chi connectivity index (χ0) is 17.3. The largest absolute Gasteiger partial charge is 0.457 e. The van der Waals surface area contributed by atoms with Crippen molar-refractivity contribution in [3.63, 3.8) is 0 Å². The number of aliphatic hydroxyl groups excluding tert-OH is 1. The van der Waals surface area contributed by atoms with Gasteiger partial charge in [-0.1, -0.05) is 57.2 Å². The summed E-state index contributed by atoms with van der Waals surface area (Å²) < 4.78 is 5.91. The molecule has 1 aliphatic rings. The molecule has 0 spiro atoms. The number of carbonyl (C=O) groups is 1. The Morgan fingerprint density at radius 1 is 1.08 bits per heavy atom. The van der Waals surface area contributed by atoms with E-state index < -0.39 is 12.0 Å². The Bertz CT molecular complexity index is 703. The molecule has 0 unspecified atom stereocenters. The second-order valence-corrected chi connectivity index (χ2v) is 7.24. The van der Waals surface area contributed by atoms with Crippen LogP contribution in [-0.4, -0.2) is 23.7 Å². The number of nitrogens with one attached hydrogen (secondary N) is 1. The van der Waals surface area contributed by atoms with Crippen molar-refractivity contribution in [2.75, 3.05) is 6.54 Å². The molecule has 2 N–H and O–H groups in total. The maximum absolute atomic E-state index is 12.9. The number of hydrogen-bond acceptors (Lipinski definition) is 3. The summed E-state index contributed by atoms with van der Waals surface area (Å²) in [5.41, 5.74) is 1.41. The third kappa shape index (κ3) is 3.15. The SMILES string of the molecule is CC(C)(C)[C@H](O)CNC(=O)C1c2ccccc2Oc2ccccc21. The van der Waals surface area contributed by atoms with Gasteiger partial charge in [-0.3, -0.25) is 4.79 Å². The summed E-state index contributed by atoms with van der Waals surface area (Å²) >= 11 is 0. The molecule has 0 aliphatic carbocycles. The molecule has 126 valence electrons. The second-order valence-electron chi connectivity index (χ2n) is 7.24. The smallest absolute Gasteiger partial charge is 0.232 e. The van der Waals surface area contributed by atoms with Gasteiger partial charge in [-0.25, -0.2) is 0 Å². The summed E-state index contributed by atoms with van der Waals surface area (Å²) in [6.45, 7) is 6.07. The van der Waals surface area contributed by atoms with Crippen molar-refractivity contribution in [1.29, 1.82) is 0 Å². The molecule has 24 heavy (non-hydrogen) atoms. The van der Waals surface area contributed by atoms with E-state index in [0.717, 1.165) is 11.1 Å². The Balaban J connectivity index is 1.88. The van der Waals surface area contributed by atoms with Gasteiger partial charge in [0.1, 0.15) is 11.5 Å². The lowest BCUT2D eigenvalue weighted by atomic mass is 9.86. The maximum Gasteiger partial charge on any atom is 0.232 e. The van der Waals surface area contributed by atoms with E-state index in [9.17, 15) is 9.90 Å². The minimum absolute atomic E-state index is 0.124. The summed E-state index contributed by atoms with van der Waals surface area (Å²) in [6, 6.07) is 15.2. The van der Waals surface area contributed by atoms with Gasteiger partial charge in [0.2, 0.25) is 5.91 Å². The fraction of sp³-hybridized carbons (Fsp3) is 0.350. The summed E-state index contributed by atoms with van der Waals surface area (Å²) in [5, 5.41) is 13.1. The monoisotopic (exact) mass is 325 g/mol. The third-order valence-corrected chi connectivity index (χ3v) is 4.41. The minimum atomic E-state index is -0.605. The summed E-state index contributed by atoms with van der Waals surface area (Å²) in [4.78, 5) is 12.9. The molecule has 0 aromatic heterocycles. The van der Waals surface area contributed by atoms with E-state index in [0.29, 0.717) is 11.5 Å². The first-order valence-corrected chi connectivity index (χ1v) is 8.19. The highest BCUT2D eigenvalue weighted by atomic mass is 16.5. The van der Waals surface area contributed by atoms with Gasteiger partial charge in [0, 0.05) is 17.7 Å². The van der Waals surface area contributed by atoms with Crippen molar-refractivity contribution < 1.29 is 14.6 Å². The maximum atomic E-state index is 12.9. The normalized spacial score (nSPS) is 15.0. The quantitative estimate of drug-likeness (QED) is 0.909. The number of amides is 1. The summed E-state index contributed by atoms with van der Waals surface area (Å²) in [6.07, 6.45) is -0.605. The van der Waals surface area contributed by atoms with Crippen LogP contribution in [0.3, 0.4) is 0 Å². The number of carbonyl (C=O) groups excluding carboxylic acids is 1. The second kappa shape index (κ2) is 6.29. The van der Waals surface area contributed by atoms with Crippen molar-refractivity contribution in [2.45, 2.75) is 32.8 Å². The van der Waals surface area contributed by atoms with Gasteiger partial charge in [0.05, 0.1) is 12.0 Å². The Kier molecular flexibility index (Phi) is 4.33. The van der Waals surface area contributed by atoms with Gasteiger partial charge in [-0.2, -0.15) is 0 Å². The van der Waals surface area contributed by atoms with E-state index in [1.54, 1.807) is 0 Å². The number of rotatable bonds is 3. The average Bonchev–Trinajstić information content (AvgIpc) is 2.56. The molecule has 0 saturated heterocycles. The summed E-state index contributed by atoms with van der Waals surface area (Å²) in [7, 11) is 0. The third-order valence-electron chi connectivity index (χ3n) is 4.41. The lowest BCUT2D eigenvalue weighted by Gasteiger charge is -2.29. The molecule has 1 amide bonds. The highest BCUT2D eigenvalue weighted by Gasteiger charge is 2.33. The molecule has 4 nitrogen and oxygen atoms in total. The first-order chi connectivity index (χ1) is 11.4. The van der Waals surface area contributed by atoms with Crippen molar-refractivity contribution in [3.8, 4) is 11.5 Å². The van der Waals surface area contributed by atoms with Crippen LogP contribution in [0.4, 0.5) is 0 Å². The molecule has 4 heteroatoms. The molecule has 0 fully saturated rings. The fourth-order valence-electron chi connectivity index (χ4n) is 2.80. The van der Waals surface area contributed by atoms with Crippen LogP contribution in [0.15, 0.2) is 48.5 Å². The van der Waals surface area contributed by atoms with Gasteiger partial charge < -0.3 is 15.2 Å². The minimum Gasteiger partial charge on any atom is -0.457 e. The topological polar surface area (TPSA) is 58.6 Å². The zero-order valence-electron chi connectivity index (χ0n) is 14.2. The molecular formula is C20H23NO3. The first-order valence-electron chi connectivity index (χ1n) is 8.19. The van der Waals surface area contributed by atoms with E-state index in [-0.39, 0.29) is 17.9 Å². The predicted molar refractivity (Wildman–Crippen MR) is 93.3 cm³/mol. The number of ether oxygens (including phenoxy) is 1. The van der Waals surface area contributed by atoms with E-state index in [4.69, 9.17) is 4.74 Å². The van der Waals surface area contributed by atoms with Gasteiger partial charge in [-0.15, -0.1) is 0 Å².